The summed E-state index contributed by atoms with van der Waals surface area (Å²) in [6.07, 6.45) is 1.43. The van der Waals surface area contributed by atoms with Crippen molar-refractivity contribution in [2.45, 2.75) is 0 Å². The van der Waals surface area contributed by atoms with Gasteiger partial charge in [0.05, 0.1) is 0 Å². The highest BCUT2D eigenvalue weighted by Crippen LogP contribution is 2.17. The van der Waals surface area contributed by atoms with Crippen LogP contribution in [0.2, 0.25) is 0 Å². The van der Waals surface area contributed by atoms with Gasteiger partial charge in [-0.2, -0.15) is 5.26 Å². The molecule has 0 saturated carbocycles. The molecule has 0 atom stereocenters. The van der Waals surface area contributed by atoms with E-state index in [1.165, 1.54) is 6.08 Å². The summed E-state index contributed by atoms with van der Waals surface area (Å²) < 4.78 is 6.11. The fourth-order valence-electron chi connectivity index (χ4n) is 1.80. The number of hydrogen-bond donors (Lipinski definition) is 2. The summed E-state index contributed by atoms with van der Waals surface area (Å²) >= 11 is 3.30. The van der Waals surface area contributed by atoms with Gasteiger partial charge in [-0.05, 0) is 29.8 Å². The molecule has 7 heteroatoms. The number of amides is 2. The first kappa shape index (κ1) is 18.2. The van der Waals surface area contributed by atoms with Crippen molar-refractivity contribution in [1.82, 2.24) is 10.9 Å². The number of carbonyl (C=O) groups is 2. The van der Waals surface area contributed by atoms with E-state index in [1.807, 2.05) is 12.1 Å². The molecule has 2 amide bonds. The third-order valence-corrected chi connectivity index (χ3v) is 3.45. The van der Waals surface area contributed by atoms with Gasteiger partial charge in [0.2, 0.25) is 0 Å². The van der Waals surface area contributed by atoms with Crippen LogP contribution in [0.15, 0.2) is 64.6 Å². The molecule has 0 spiro atoms. The van der Waals surface area contributed by atoms with Gasteiger partial charge >= 0.3 is 0 Å². The van der Waals surface area contributed by atoms with Gasteiger partial charge in [0.1, 0.15) is 17.4 Å². The lowest BCUT2D eigenvalue weighted by atomic mass is 10.1. The molecule has 0 aromatic heterocycles. The van der Waals surface area contributed by atoms with Crippen molar-refractivity contribution >= 4 is 33.8 Å². The average Bonchev–Trinajstić information content (AvgIpc) is 2.63. The van der Waals surface area contributed by atoms with Crippen LogP contribution in [-0.4, -0.2) is 18.4 Å². The Bertz CT molecular complexity index is 829. The Hall–Kier alpha value is -3.11. The van der Waals surface area contributed by atoms with E-state index in [-0.39, 0.29) is 12.2 Å². The van der Waals surface area contributed by atoms with Crippen LogP contribution in [0.1, 0.15) is 5.56 Å². The molecule has 6 nitrogen and oxygen atoms in total. The van der Waals surface area contributed by atoms with E-state index in [1.54, 1.807) is 48.5 Å². The van der Waals surface area contributed by atoms with Gasteiger partial charge < -0.3 is 4.74 Å². The lowest BCUT2D eigenvalue weighted by Gasteiger charge is -2.08. The van der Waals surface area contributed by atoms with Crippen molar-refractivity contribution in [2.24, 2.45) is 0 Å². The Balaban J connectivity index is 1.85. The number of hydrazine groups is 1. The fourth-order valence-corrected chi connectivity index (χ4v) is 2.18. The summed E-state index contributed by atoms with van der Waals surface area (Å²) in [5.41, 5.74) is 4.96. The van der Waals surface area contributed by atoms with Crippen LogP contribution in [0, 0.1) is 11.3 Å². The Labute approximate surface area is 153 Å². The minimum absolute atomic E-state index is 0.126. The number of halogens is 1. The van der Waals surface area contributed by atoms with Crippen molar-refractivity contribution in [2.75, 3.05) is 6.61 Å². The normalized spacial score (nSPS) is 10.5. The quantitative estimate of drug-likeness (QED) is 0.459. The zero-order valence-corrected chi connectivity index (χ0v) is 14.6. The lowest BCUT2D eigenvalue weighted by molar-refractivity contribution is -0.128. The molecule has 25 heavy (non-hydrogen) atoms. The van der Waals surface area contributed by atoms with E-state index in [0.29, 0.717) is 11.3 Å². The lowest BCUT2D eigenvalue weighted by Crippen LogP contribution is -2.44. The zero-order valence-electron chi connectivity index (χ0n) is 13.0. The molecule has 2 aromatic carbocycles. The minimum atomic E-state index is -0.706. The number of benzene rings is 2. The predicted octanol–water partition coefficient (Wildman–Crippen LogP) is 2.58. The highest BCUT2D eigenvalue weighted by atomic mass is 79.9. The standard InChI is InChI=1S/C18H14BrN3O3/c19-15-7-4-8-16(10-15)25-12-17(23)21-22-18(24)14(11-20)9-13-5-2-1-3-6-13/h1-10H,12H2,(H,21,23)(H,22,24). The largest absolute Gasteiger partial charge is 0.484 e. The third kappa shape index (κ3) is 6.12. The zero-order chi connectivity index (χ0) is 18.1. The molecule has 0 unspecified atom stereocenters. The molecule has 2 N–H and O–H groups in total. The second-order valence-electron chi connectivity index (χ2n) is 4.83. The van der Waals surface area contributed by atoms with Gasteiger partial charge in [0.25, 0.3) is 11.8 Å². The monoisotopic (exact) mass is 399 g/mol. The van der Waals surface area contributed by atoms with Crippen LogP contribution >= 0.6 is 15.9 Å². The van der Waals surface area contributed by atoms with Gasteiger partial charge in [0, 0.05) is 4.47 Å². The Kier molecular flexibility index (Phi) is 6.75. The van der Waals surface area contributed by atoms with Crippen molar-refractivity contribution in [3.8, 4) is 11.8 Å². The van der Waals surface area contributed by atoms with Crippen LogP contribution in [0.3, 0.4) is 0 Å². The van der Waals surface area contributed by atoms with Crippen molar-refractivity contribution in [3.63, 3.8) is 0 Å². The first-order valence-corrected chi connectivity index (χ1v) is 8.02. The van der Waals surface area contributed by atoms with Crippen molar-refractivity contribution < 1.29 is 14.3 Å². The van der Waals surface area contributed by atoms with Crippen molar-refractivity contribution in [3.05, 3.63) is 70.2 Å². The van der Waals surface area contributed by atoms with Crippen LogP contribution in [0.4, 0.5) is 0 Å². The molecule has 0 fully saturated rings. The van der Waals surface area contributed by atoms with Crippen LogP contribution in [0.25, 0.3) is 6.08 Å². The maximum absolute atomic E-state index is 11.9. The fraction of sp³-hybridized carbons (Fsp3) is 0.0556. The van der Waals surface area contributed by atoms with E-state index in [0.717, 1.165) is 4.47 Å². The summed E-state index contributed by atoms with van der Waals surface area (Å²) in [5.74, 6) is -0.745. The van der Waals surface area contributed by atoms with Crippen LogP contribution in [0.5, 0.6) is 5.75 Å². The Morgan fingerprint density at radius 2 is 1.88 bits per heavy atom. The minimum Gasteiger partial charge on any atom is -0.484 e. The summed E-state index contributed by atoms with van der Waals surface area (Å²) in [4.78, 5) is 23.6. The van der Waals surface area contributed by atoms with Gasteiger partial charge in [-0.15, -0.1) is 0 Å². The summed E-state index contributed by atoms with van der Waals surface area (Å²) in [7, 11) is 0. The number of nitriles is 1. The van der Waals surface area contributed by atoms with E-state index in [4.69, 9.17) is 10.00 Å². The van der Waals surface area contributed by atoms with E-state index >= 15 is 0 Å². The molecule has 126 valence electrons. The third-order valence-electron chi connectivity index (χ3n) is 2.96. The van der Waals surface area contributed by atoms with Crippen LogP contribution < -0.4 is 15.6 Å². The molecule has 0 bridgehead atoms. The van der Waals surface area contributed by atoms with Gasteiger partial charge in [-0.1, -0.05) is 52.3 Å². The molecule has 2 rings (SSSR count). The molecule has 0 radical (unpaired) electrons. The Morgan fingerprint density at radius 1 is 1.12 bits per heavy atom. The average molecular weight is 400 g/mol. The van der Waals surface area contributed by atoms with E-state index in [9.17, 15) is 9.59 Å². The number of ether oxygens (including phenoxy) is 1. The summed E-state index contributed by atoms with van der Waals surface area (Å²) in [6.45, 7) is -0.277. The first-order valence-electron chi connectivity index (χ1n) is 7.23. The molecule has 0 aliphatic carbocycles. The molecule has 2 aromatic rings. The maximum atomic E-state index is 11.9. The van der Waals surface area contributed by atoms with Gasteiger partial charge in [0.15, 0.2) is 6.61 Å². The Morgan fingerprint density at radius 3 is 2.56 bits per heavy atom. The number of nitrogens with zero attached hydrogens (tertiary/aromatic N) is 1. The first-order chi connectivity index (χ1) is 12.1. The topological polar surface area (TPSA) is 91.2 Å². The molecule has 0 heterocycles. The highest BCUT2D eigenvalue weighted by molar-refractivity contribution is 9.10. The molecular formula is C18H14BrN3O3. The maximum Gasteiger partial charge on any atom is 0.280 e. The number of rotatable bonds is 5. The van der Waals surface area contributed by atoms with Crippen molar-refractivity contribution in [1.29, 1.82) is 5.26 Å². The van der Waals surface area contributed by atoms with Gasteiger partial charge in [-0.25, -0.2) is 0 Å². The second kappa shape index (κ2) is 9.25. The van der Waals surface area contributed by atoms with E-state index < -0.39 is 11.8 Å². The van der Waals surface area contributed by atoms with E-state index in [2.05, 4.69) is 26.8 Å². The van der Waals surface area contributed by atoms with Gasteiger partial charge in [-0.3, -0.25) is 20.4 Å². The molecule has 0 aliphatic rings. The SMILES string of the molecule is N#CC(=Cc1ccccc1)C(=O)NNC(=O)COc1cccc(Br)c1. The summed E-state index contributed by atoms with van der Waals surface area (Å²) in [5, 5.41) is 9.08. The number of nitrogens with one attached hydrogen (secondary N) is 2. The second-order valence-corrected chi connectivity index (χ2v) is 5.74. The summed E-state index contributed by atoms with van der Waals surface area (Å²) in [6, 6.07) is 17.7. The number of hydrogen-bond acceptors (Lipinski definition) is 4. The smallest absolute Gasteiger partial charge is 0.280 e. The number of carbonyl (C=O) groups excluding carboxylic acids is 2. The molecule has 0 saturated heterocycles. The molecular weight excluding hydrogens is 386 g/mol. The van der Waals surface area contributed by atoms with Crippen LogP contribution in [-0.2, 0) is 9.59 Å². The molecule has 0 aliphatic heterocycles. The highest BCUT2D eigenvalue weighted by Gasteiger charge is 2.10. The predicted molar refractivity (Wildman–Crippen MR) is 96.0 cm³/mol.